The largest absolute Gasteiger partial charge is 0.338 e. The number of hydrogen-bond acceptors (Lipinski definition) is 3. The SMILES string of the molecule is O=C(NCCc1cscn1)NCc1ccccc1. The van der Waals surface area contributed by atoms with E-state index in [1.165, 1.54) is 0 Å². The van der Waals surface area contributed by atoms with Gasteiger partial charge in [0.05, 0.1) is 11.2 Å². The second-order valence-electron chi connectivity index (χ2n) is 3.82. The van der Waals surface area contributed by atoms with Crippen LogP contribution in [-0.2, 0) is 13.0 Å². The van der Waals surface area contributed by atoms with E-state index in [-0.39, 0.29) is 6.03 Å². The molecule has 0 saturated carbocycles. The lowest BCUT2D eigenvalue weighted by molar-refractivity contribution is 0.240. The fourth-order valence-corrected chi connectivity index (χ4v) is 2.10. The van der Waals surface area contributed by atoms with Gasteiger partial charge in [-0.2, -0.15) is 0 Å². The van der Waals surface area contributed by atoms with Crippen molar-refractivity contribution in [3.8, 4) is 0 Å². The number of carbonyl (C=O) groups is 1. The van der Waals surface area contributed by atoms with Gasteiger partial charge < -0.3 is 10.6 Å². The summed E-state index contributed by atoms with van der Waals surface area (Å²) in [5.74, 6) is 0. The quantitative estimate of drug-likeness (QED) is 0.867. The minimum absolute atomic E-state index is 0.144. The molecule has 2 aromatic rings. The highest BCUT2D eigenvalue weighted by molar-refractivity contribution is 7.07. The van der Waals surface area contributed by atoms with Crippen molar-refractivity contribution in [3.63, 3.8) is 0 Å². The summed E-state index contributed by atoms with van der Waals surface area (Å²) < 4.78 is 0. The molecule has 0 radical (unpaired) electrons. The molecule has 0 spiro atoms. The van der Waals surface area contributed by atoms with E-state index < -0.39 is 0 Å². The van der Waals surface area contributed by atoms with Crippen molar-refractivity contribution in [1.29, 1.82) is 0 Å². The van der Waals surface area contributed by atoms with E-state index in [0.29, 0.717) is 13.1 Å². The molecule has 94 valence electrons. The Labute approximate surface area is 110 Å². The summed E-state index contributed by atoms with van der Waals surface area (Å²) in [6.45, 7) is 1.15. The Balaban J connectivity index is 1.63. The van der Waals surface area contributed by atoms with Crippen molar-refractivity contribution in [2.75, 3.05) is 6.54 Å². The van der Waals surface area contributed by atoms with Crippen molar-refractivity contribution < 1.29 is 4.79 Å². The Bertz CT molecular complexity index is 470. The first kappa shape index (κ1) is 12.6. The van der Waals surface area contributed by atoms with Gasteiger partial charge in [0, 0.05) is 24.9 Å². The number of urea groups is 1. The summed E-state index contributed by atoms with van der Waals surface area (Å²) in [7, 11) is 0. The fraction of sp³-hybridized carbons (Fsp3) is 0.231. The second-order valence-corrected chi connectivity index (χ2v) is 4.54. The minimum atomic E-state index is -0.144. The number of nitrogens with zero attached hydrogens (tertiary/aromatic N) is 1. The highest BCUT2D eigenvalue weighted by Crippen LogP contribution is 2.00. The lowest BCUT2D eigenvalue weighted by Gasteiger charge is -2.06. The number of thiazole rings is 1. The predicted molar refractivity (Wildman–Crippen MR) is 72.5 cm³/mol. The molecule has 0 fully saturated rings. The smallest absolute Gasteiger partial charge is 0.315 e. The first-order valence-corrected chi connectivity index (χ1v) is 6.71. The van der Waals surface area contributed by atoms with E-state index in [0.717, 1.165) is 17.7 Å². The number of rotatable bonds is 5. The number of nitrogens with one attached hydrogen (secondary N) is 2. The molecule has 4 nitrogen and oxygen atoms in total. The third-order valence-corrected chi connectivity index (χ3v) is 3.08. The molecule has 18 heavy (non-hydrogen) atoms. The summed E-state index contributed by atoms with van der Waals surface area (Å²) in [6, 6.07) is 9.69. The second kappa shape index (κ2) is 6.76. The maximum atomic E-state index is 11.5. The van der Waals surface area contributed by atoms with Crippen LogP contribution in [0.15, 0.2) is 41.2 Å². The molecular formula is C13H15N3OS. The van der Waals surface area contributed by atoms with E-state index in [2.05, 4.69) is 15.6 Å². The van der Waals surface area contributed by atoms with Crippen molar-refractivity contribution in [3.05, 3.63) is 52.5 Å². The lowest BCUT2D eigenvalue weighted by atomic mass is 10.2. The highest BCUT2D eigenvalue weighted by atomic mass is 32.1. The van der Waals surface area contributed by atoms with Gasteiger partial charge in [0.2, 0.25) is 0 Å². The Morgan fingerprint density at radius 3 is 2.78 bits per heavy atom. The van der Waals surface area contributed by atoms with Gasteiger partial charge in [-0.15, -0.1) is 11.3 Å². The van der Waals surface area contributed by atoms with Crippen LogP contribution >= 0.6 is 11.3 Å². The van der Waals surface area contributed by atoms with Crippen molar-refractivity contribution >= 4 is 17.4 Å². The first-order chi connectivity index (χ1) is 8.84. The van der Waals surface area contributed by atoms with Gasteiger partial charge in [0.1, 0.15) is 0 Å². The van der Waals surface area contributed by atoms with Crippen LogP contribution in [0.4, 0.5) is 4.79 Å². The maximum Gasteiger partial charge on any atom is 0.315 e. The average molecular weight is 261 g/mol. The normalized spacial score (nSPS) is 10.0. The summed E-state index contributed by atoms with van der Waals surface area (Å²) >= 11 is 1.57. The van der Waals surface area contributed by atoms with Gasteiger partial charge in [0.15, 0.2) is 0 Å². The molecule has 1 aromatic carbocycles. The summed E-state index contributed by atoms with van der Waals surface area (Å²) in [5, 5.41) is 7.61. The zero-order chi connectivity index (χ0) is 12.6. The third kappa shape index (κ3) is 4.18. The van der Waals surface area contributed by atoms with E-state index in [1.54, 1.807) is 16.8 Å². The molecule has 5 heteroatoms. The average Bonchev–Trinajstić information content (AvgIpc) is 2.91. The van der Waals surface area contributed by atoms with Gasteiger partial charge in [-0.05, 0) is 5.56 Å². The summed E-state index contributed by atoms with van der Waals surface area (Å²) in [5.41, 5.74) is 3.90. The monoisotopic (exact) mass is 261 g/mol. The Morgan fingerprint density at radius 1 is 1.22 bits per heavy atom. The van der Waals surface area contributed by atoms with E-state index >= 15 is 0 Å². The molecule has 2 rings (SSSR count). The molecule has 2 amide bonds. The zero-order valence-electron chi connectivity index (χ0n) is 9.93. The van der Waals surface area contributed by atoms with E-state index in [4.69, 9.17) is 0 Å². The van der Waals surface area contributed by atoms with Gasteiger partial charge >= 0.3 is 6.03 Å². The van der Waals surface area contributed by atoms with Crippen molar-refractivity contribution in [1.82, 2.24) is 15.6 Å². The standard InChI is InChI=1S/C13H15N3OS/c17-13(14-7-6-12-9-18-10-16-12)15-8-11-4-2-1-3-5-11/h1-5,9-10H,6-8H2,(H2,14,15,17). The van der Waals surface area contributed by atoms with Crippen LogP contribution in [0.2, 0.25) is 0 Å². The van der Waals surface area contributed by atoms with Gasteiger partial charge in [0.25, 0.3) is 0 Å². The Hall–Kier alpha value is -1.88. The van der Waals surface area contributed by atoms with Crippen LogP contribution in [-0.4, -0.2) is 17.6 Å². The molecule has 0 aliphatic heterocycles. The van der Waals surface area contributed by atoms with Crippen LogP contribution < -0.4 is 10.6 Å². The molecule has 0 unspecified atom stereocenters. The van der Waals surface area contributed by atoms with E-state index in [9.17, 15) is 4.79 Å². The van der Waals surface area contributed by atoms with Gasteiger partial charge in [-0.25, -0.2) is 9.78 Å². The summed E-state index contributed by atoms with van der Waals surface area (Å²) in [4.78, 5) is 15.7. The predicted octanol–water partition coefficient (Wildman–Crippen LogP) is 2.19. The molecular weight excluding hydrogens is 246 g/mol. The van der Waals surface area contributed by atoms with Gasteiger partial charge in [-0.3, -0.25) is 0 Å². The molecule has 1 aromatic heterocycles. The Morgan fingerprint density at radius 2 is 2.06 bits per heavy atom. The number of hydrogen-bond donors (Lipinski definition) is 2. The molecule has 0 atom stereocenters. The van der Waals surface area contributed by atoms with Crippen molar-refractivity contribution in [2.45, 2.75) is 13.0 Å². The number of aromatic nitrogens is 1. The molecule has 0 saturated heterocycles. The number of amides is 2. The third-order valence-electron chi connectivity index (χ3n) is 2.45. The van der Waals surface area contributed by atoms with Crippen LogP contribution in [0, 0.1) is 0 Å². The molecule has 0 aliphatic carbocycles. The van der Waals surface area contributed by atoms with E-state index in [1.807, 2.05) is 35.7 Å². The minimum Gasteiger partial charge on any atom is -0.338 e. The molecule has 1 heterocycles. The maximum absolute atomic E-state index is 11.5. The first-order valence-electron chi connectivity index (χ1n) is 5.77. The van der Waals surface area contributed by atoms with Gasteiger partial charge in [-0.1, -0.05) is 30.3 Å². The van der Waals surface area contributed by atoms with Crippen LogP contribution in [0.25, 0.3) is 0 Å². The van der Waals surface area contributed by atoms with Crippen LogP contribution in [0.5, 0.6) is 0 Å². The molecule has 0 bridgehead atoms. The fourth-order valence-electron chi connectivity index (χ4n) is 1.51. The highest BCUT2D eigenvalue weighted by Gasteiger charge is 2.00. The number of benzene rings is 1. The molecule has 2 N–H and O–H groups in total. The summed E-state index contributed by atoms with van der Waals surface area (Å²) in [6.07, 6.45) is 0.766. The van der Waals surface area contributed by atoms with Crippen molar-refractivity contribution in [2.24, 2.45) is 0 Å². The van der Waals surface area contributed by atoms with Crippen LogP contribution in [0.3, 0.4) is 0 Å². The zero-order valence-corrected chi connectivity index (χ0v) is 10.7. The number of carbonyl (C=O) groups excluding carboxylic acids is 1. The Kier molecular flexibility index (Phi) is 4.72. The lowest BCUT2D eigenvalue weighted by Crippen LogP contribution is -2.36. The molecule has 0 aliphatic rings. The topological polar surface area (TPSA) is 54.0 Å². The van der Waals surface area contributed by atoms with Crippen LogP contribution in [0.1, 0.15) is 11.3 Å².